The predicted octanol–water partition coefficient (Wildman–Crippen LogP) is 4.94. The van der Waals surface area contributed by atoms with Crippen LogP contribution < -0.4 is 0 Å². The fraction of sp³-hybridized carbons (Fsp3) is 0.250. The maximum absolute atomic E-state index is 6.59. The van der Waals surface area contributed by atoms with Crippen LogP contribution in [0.1, 0.15) is 33.2 Å². The Labute approximate surface area is 108 Å². The van der Waals surface area contributed by atoms with Gasteiger partial charge in [-0.3, -0.25) is 0 Å². The molecule has 0 spiro atoms. The largest absolute Gasteiger partial charge is 0.113 e. The lowest BCUT2D eigenvalue weighted by molar-refractivity contribution is 1.08. The molecule has 0 N–H and O–H groups in total. The predicted molar refractivity (Wildman–Crippen MR) is 74.8 cm³/mol. The third kappa shape index (κ3) is 2.53. The lowest BCUT2D eigenvalue weighted by Crippen LogP contribution is -1.99. The van der Waals surface area contributed by atoms with Crippen LogP contribution in [-0.4, -0.2) is 0 Å². The molecule has 0 fully saturated rings. The van der Waals surface area contributed by atoms with Crippen LogP contribution in [0, 0.1) is 20.8 Å². The second kappa shape index (κ2) is 4.93. The van der Waals surface area contributed by atoms with Crippen LogP contribution in [0.25, 0.3) is 0 Å². The summed E-state index contributed by atoms with van der Waals surface area (Å²) < 4.78 is 0. The molecule has 0 aliphatic heterocycles. The van der Waals surface area contributed by atoms with Crippen molar-refractivity contribution in [3.05, 3.63) is 70.3 Å². The molecule has 0 aliphatic carbocycles. The van der Waals surface area contributed by atoms with E-state index in [-0.39, 0.29) is 5.38 Å². The minimum Gasteiger partial charge on any atom is -0.113 e. The summed E-state index contributed by atoms with van der Waals surface area (Å²) in [7, 11) is 0. The van der Waals surface area contributed by atoms with Crippen LogP contribution >= 0.6 is 11.6 Å². The Morgan fingerprint density at radius 2 is 1.35 bits per heavy atom. The van der Waals surface area contributed by atoms with Crippen LogP contribution in [0.5, 0.6) is 0 Å². The molecule has 0 saturated heterocycles. The van der Waals surface area contributed by atoms with Gasteiger partial charge in [-0.15, -0.1) is 11.6 Å². The van der Waals surface area contributed by atoms with Crippen LogP contribution in [0.4, 0.5) is 0 Å². The highest BCUT2D eigenvalue weighted by Gasteiger charge is 2.14. The Balaban J connectivity index is 2.43. The van der Waals surface area contributed by atoms with Crippen LogP contribution in [0.3, 0.4) is 0 Å². The maximum Gasteiger partial charge on any atom is 0.0840 e. The molecule has 2 aromatic carbocycles. The van der Waals surface area contributed by atoms with Gasteiger partial charge in [0.2, 0.25) is 0 Å². The number of halogens is 1. The first-order valence-electron chi connectivity index (χ1n) is 5.86. The smallest absolute Gasteiger partial charge is 0.0840 e. The molecule has 0 saturated carbocycles. The molecule has 2 rings (SSSR count). The van der Waals surface area contributed by atoms with Gasteiger partial charge in [-0.05, 0) is 43.0 Å². The van der Waals surface area contributed by atoms with E-state index in [1.54, 1.807) is 0 Å². The number of rotatable bonds is 2. The minimum absolute atomic E-state index is 0.0585. The molecule has 88 valence electrons. The van der Waals surface area contributed by atoms with Crippen molar-refractivity contribution in [1.82, 2.24) is 0 Å². The van der Waals surface area contributed by atoms with Gasteiger partial charge in [0.15, 0.2) is 0 Å². The average Bonchev–Trinajstić information content (AvgIpc) is 2.29. The molecule has 1 heteroatoms. The van der Waals surface area contributed by atoms with Crippen molar-refractivity contribution in [2.75, 3.05) is 0 Å². The van der Waals surface area contributed by atoms with Crippen molar-refractivity contribution in [3.63, 3.8) is 0 Å². The highest BCUT2D eigenvalue weighted by atomic mass is 35.5. The maximum atomic E-state index is 6.59. The van der Waals surface area contributed by atoms with Gasteiger partial charge in [0.1, 0.15) is 0 Å². The minimum atomic E-state index is -0.0585. The van der Waals surface area contributed by atoms with E-state index >= 15 is 0 Å². The second-order valence-electron chi connectivity index (χ2n) is 4.58. The molecule has 0 heterocycles. The molecule has 0 radical (unpaired) electrons. The Kier molecular flexibility index (Phi) is 3.54. The third-order valence-electron chi connectivity index (χ3n) is 3.17. The lowest BCUT2D eigenvalue weighted by Gasteiger charge is -2.16. The summed E-state index contributed by atoms with van der Waals surface area (Å²) in [5.41, 5.74) is 6.17. The van der Waals surface area contributed by atoms with Crippen molar-refractivity contribution in [1.29, 1.82) is 0 Å². The van der Waals surface area contributed by atoms with E-state index in [0.29, 0.717) is 0 Å². The topological polar surface area (TPSA) is 0 Å². The zero-order valence-corrected chi connectivity index (χ0v) is 11.3. The average molecular weight is 245 g/mol. The molecular weight excluding hydrogens is 228 g/mol. The first-order chi connectivity index (χ1) is 8.09. The number of hydrogen-bond acceptors (Lipinski definition) is 0. The van der Waals surface area contributed by atoms with E-state index in [4.69, 9.17) is 11.6 Å². The molecule has 0 bridgehead atoms. The van der Waals surface area contributed by atoms with Gasteiger partial charge in [-0.1, -0.05) is 48.0 Å². The van der Waals surface area contributed by atoms with Gasteiger partial charge >= 0.3 is 0 Å². The summed E-state index contributed by atoms with van der Waals surface area (Å²) in [6.45, 7) is 6.32. The molecule has 1 atom stereocenters. The highest BCUT2D eigenvalue weighted by Crippen LogP contribution is 2.33. The monoisotopic (exact) mass is 244 g/mol. The van der Waals surface area contributed by atoms with Crippen LogP contribution in [-0.2, 0) is 0 Å². The molecule has 0 amide bonds. The van der Waals surface area contributed by atoms with Gasteiger partial charge < -0.3 is 0 Å². The second-order valence-corrected chi connectivity index (χ2v) is 5.02. The third-order valence-corrected chi connectivity index (χ3v) is 3.64. The Hall–Kier alpha value is -1.27. The van der Waals surface area contributed by atoms with Crippen LogP contribution in [0.15, 0.2) is 42.5 Å². The number of hydrogen-bond donors (Lipinski definition) is 0. The standard InChI is InChI=1S/C16H17Cl/c1-11-7-9-14(10-8-11)16(17)15-12(2)5-4-6-13(15)3/h4-10,16H,1-3H3. The number of alkyl halides is 1. The van der Waals surface area contributed by atoms with E-state index < -0.39 is 0 Å². The quantitative estimate of drug-likeness (QED) is 0.657. The summed E-state index contributed by atoms with van der Waals surface area (Å²) in [5, 5.41) is -0.0585. The molecule has 0 aliphatic rings. The number of benzene rings is 2. The summed E-state index contributed by atoms with van der Waals surface area (Å²) >= 11 is 6.59. The van der Waals surface area contributed by atoms with Gasteiger partial charge in [0.05, 0.1) is 5.38 Å². The lowest BCUT2D eigenvalue weighted by atomic mass is 9.95. The van der Waals surface area contributed by atoms with Gasteiger partial charge in [-0.25, -0.2) is 0 Å². The molecule has 17 heavy (non-hydrogen) atoms. The molecule has 0 aromatic heterocycles. The van der Waals surface area contributed by atoms with Gasteiger partial charge in [0.25, 0.3) is 0 Å². The zero-order chi connectivity index (χ0) is 12.4. The molecular formula is C16H17Cl. The van der Waals surface area contributed by atoms with E-state index in [1.165, 1.54) is 22.3 Å². The molecule has 2 aromatic rings. The summed E-state index contributed by atoms with van der Waals surface area (Å²) in [6, 6.07) is 14.7. The Bertz CT molecular complexity index is 491. The van der Waals surface area contributed by atoms with Gasteiger partial charge in [-0.2, -0.15) is 0 Å². The van der Waals surface area contributed by atoms with Crippen LogP contribution in [0.2, 0.25) is 0 Å². The summed E-state index contributed by atoms with van der Waals surface area (Å²) in [5.74, 6) is 0. The summed E-state index contributed by atoms with van der Waals surface area (Å²) in [6.07, 6.45) is 0. The number of aryl methyl sites for hydroxylation is 3. The Morgan fingerprint density at radius 3 is 1.88 bits per heavy atom. The SMILES string of the molecule is Cc1ccc(C(Cl)c2c(C)cccc2C)cc1. The zero-order valence-electron chi connectivity index (χ0n) is 10.5. The normalized spacial score (nSPS) is 12.5. The van der Waals surface area contributed by atoms with E-state index in [9.17, 15) is 0 Å². The fourth-order valence-electron chi connectivity index (χ4n) is 2.13. The first-order valence-corrected chi connectivity index (χ1v) is 6.30. The highest BCUT2D eigenvalue weighted by molar-refractivity contribution is 6.22. The van der Waals surface area contributed by atoms with Crippen molar-refractivity contribution in [3.8, 4) is 0 Å². The van der Waals surface area contributed by atoms with E-state index in [2.05, 4.69) is 63.2 Å². The Morgan fingerprint density at radius 1 is 0.824 bits per heavy atom. The van der Waals surface area contributed by atoms with E-state index in [1.807, 2.05) is 0 Å². The van der Waals surface area contributed by atoms with Crippen molar-refractivity contribution < 1.29 is 0 Å². The van der Waals surface area contributed by atoms with Crippen molar-refractivity contribution in [2.24, 2.45) is 0 Å². The van der Waals surface area contributed by atoms with Gasteiger partial charge in [0, 0.05) is 0 Å². The summed E-state index contributed by atoms with van der Waals surface area (Å²) in [4.78, 5) is 0. The molecule has 0 nitrogen and oxygen atoms in total. The van der Waals surface area contributed by atoms with Crippen molar-refractivity contribution >= 4 is 11.6 Å². The van der Waals surface area contributed by atoms with Crippen molar-refractivity contribution in [2.45, 2.75) is 26.1 Å². The fourth-order valence-corrected chi connectivity index (χ4v) is 2.62. The first kappa shape index (κ1) is 12.2. The molecule has 1 unspecified atom stereocenters. The van der Waals surface area contributed by atoms with E-state index in [0.717, 1.165) is 5.56 Å².